The van der Waals surface area contributed by atoms with Gasteiger partial charge in [0.05, 0.1) is 0 Å². The quantitative estimate of drug-likeness (QED) is 0.644. The van der Waals surface area contributed by atoms with Crippen molar-refractivity contribution in [2.24, 2.45) is 0 Å². The number of aromatic amines is 1. The predicted octanol–water partition coefficient (Wildman–Crippen LogP) is 3.83. The summed E-state index contributed by atoms with van der Waals surface area (Å²) in [5.41, 5.74) is 2.16. The first-order valence-electron chi connectivity index (χ1n) is 7.65. The summed E-state index contributed by atoms with van der Waals surface area (Å²) in [5.74, 6) is -0.130. The van der Waals surface area contributed by atoms with Crippen molar-refractivity contribution in [3.8, 4) is 5.88 Å². The minimum atomic E-state index is -4.41. The summed E-state index contributed by atoms with van der Waals surface area (Å²) < 4.78 is 40.7. The first-order valence-corrected chi connectivity index (χ1v) is 7.65. The molecule has 3 aromatic rings. The van der Waals surface area contributed by atoms with E-state index in [4.69, 9.17) is 0 Å². The van der Waals surface area contributed by atoms with Crippen molar-refractivity contribution in [1.29, 1.82) is 0 Å². The van der Waals surface area contributed by atoms with E-state index in [-0.39, 0.29) is 12.4 Å². The third-order valence-corrected chi connectivity index (χ3v) is 3.45. The lowest BCUT2D eigenvalue weighted by atomic mass is 10.2. The Labute approximate surface area is 146 Å². The van der Waals surface area contributed by atoms with Crippen LogP contribution in [0, 0.1) is 0 Å². The molecule has 136 valence electrons. The molecule has 0 unspecified atom stereocenters. The highest BCUT2D eigenvalue weighted by Gasteiger charge is 2.28. The minimum Gasteiger partial charge on any atom is -0.468 e. The molecule has 6 nitrogen and oxygen atoms in total. The van der Waals surface area contributed by atoms with E-state index in [0.717, 1.165) is 10.9 Å². The zero-order valence-corrected chi connectivity index (χ0v) is 13.4. The number of nitrogens with one attached hydrogen (secondary N) is 3. The highest BCUT2D eigenvalue weighted by Crippen LogP contribution is 2.18. The molecule has 0 radical (unpaired) electrons. The highest BCUT2D eigenvalue weighted by atomic mass is 19.4. The maximum atomic E-state index is 12.1. The van der Waals surface area contributed by atoms with Crippen LogP contribution in [0.3, 0.4) is 0 Å². The fourth-order valence-corrected chi connectivity index (χ4v) is 2.24. The number of carbonyl (C=O) groups is 1. The summed E-state index contributed by atoms with van der Waals surface area (Å²) in [6, 6.07) is 9.84. The molecule has 2 heterocycles. The fourth-order valence-electron chi connectivity index (χ4n) is 2.24. The van der Waals surface area contributed by atoms with E-state index in [9.17, 15) is 18.0 Å². The number of H-pyrrole nitrogens is 1. The third-order valence-electron chi connectivity index (χ3n) is 3.45. The van der Waals surface area contributed by atoms with E-state index in [1.807, 2.05) is 24.4 Å². The van der Waals surface area contributed by atoms with E-state index in [1.165, 1.54) is 18.3 Å². The summed E-state index contributed by atoms with van der Waals surface area (Å²) in [6.45, 7) is -1.23. The Morgan fingerprint density at radius 3 is 2.77 bits per heavy atom. The molecule has 2 aromatic heterocycles. The molecule has 0 saturated carbocycles. The number of benzene rings is 1. The molecule has 0 fully saturated rings. The molecule has 0 aliphatic heterocycles. The Bertz CT molecular complexity index is 891. The van der Waals surface area contributed by atoms with Crippen LogP contribution in [0.5, 0.6) is 5.88 Å². The number of ether oxygens (including phenoxy) is 1. The Morgan fingerprint density at radius 1 is 1.19 bits per heavy atom. The van der Waals surface area contributed by atoms with E-state index < -0.39 is 18.8 Å². The lowest BCUT2D eigenvalue weighted by molar-refractivity contribution is -0.154. The fraction of sp³-hybridized carbons (Fsp3) is 0.176. The molecule has 9 heteroatoms. The molecular weight excluding hydrogens is 349 g/mol. The zero-order chi connectivity index (χ0) is 18.6. The van der Waals surface area contributed by atoms with Crippen LogP contribution in [0.15, 0.2) is 48.8 Å². The highest BCUT2D eigenvalue weighted by molar-refractivity contribution is 5.92. The normalized spacial score (nSPS) is 11.3. The molecule has 0 bridgehead atoms. The van der Waals surface area contributed by atoms with Crippen LogP contribution >= 0.6 is 0 Å². The molecule has 2 amide bonds. The van der Waals surface area contributed by atoms with Gasteiger partial charge in [-0.1, -0.05) is 12.1 Å². The summed E-state index contributed by atoms with van der Waals surface area (Å²) in [5, 5.41) is 6.38. The van der Waals surface area contributed by atoms with Crippen molar-refractivity contribution in [2.75, 3.05) is 11.9 Å². The van der Waals surface area contributed by atoms with Crippen LogP contribution in [-0.4, -0.2) is 28.8 Å². The minimum absolute atomic E-state index is 0.130. The van der Waals surface area contributed by atoms with Gasteiger partial charge in [-0.15, -0.1) is 0 Å². The molecule has 0 atom stereocenters. The average molecular weight is 364 g/mol. The van der Waals surface area contributed by atoms with Crippen molar-refractivity contribution in [3.05, 3.63) is 54.4 Å². The van der Waals surface area contributed by atoms with Crippen LogP contribution in [0.1, 0.15) is 5.56 Å². The second kappa shape index (κ2) is 7.34. The number of rotatable bonds is 5. The van der Waals surface area contributed by atoms with Gasteiger partial charge in [-0.2, -0.15) is 13.2 Å². The van der Waals surface area contributed by atoms with E-state index >= 15 is 0 Å². The number of anilines is 1. The SMILES string of the molecule is O=C(NCc1ccc(OCC(F)(F)F)nc1)Nc1ccc2cc[nH]c2c1. The number of nitrogens with zero attached hydrogens (tertiary/aromatic N) is 1. The first kappa shape index (κ1) is 17.6. The summed E-state index contributed by atoms with van der Waals surface area (Å²) in [6.07, 6.45) is -1.26. The van der Waals surface area contributed by atoms with Gasteiger partial charge in [0.1, 0.15) is 0 Å². The van der Waals surface area contributed by atoms with E-state index in [2.05, 4.69) is 25.3 Å². The van der Waals surface area contributed by atoms with Gasteiger partial charge >= 0.3 is 12.2 Å². The molecule has 0 aliphatic rings. The number of carbonyl (C=O) groups excluding carboxylic acids is 1. The molecular formula is C17H15F3N4O2. The van der Waals surface area contributed by atoms with Crippen molar-refractivity contribution in [3.63, 3.8) is 0 Å². The number of urea groups is 1. The van der Waals surface area contributed by atoms with Gasteiger partial charge in [0.2, 0.25) is 5.88 Å². The number of aromatic nitrogens is 2. The molecule has 1 aromatic carbocycles. The van der Waals surface area contributed by atoms with Gasteiger partial charge in [0, 0.05) is 36.2 Å². The Kier molecular flexibility index (Phi) is 4.97. The van der Waals surface area contributed by atoms with Crippen molar-refractivity contribution < 1.29 is 22.7 Å². The number of halogens is 3. The number of alkyl halides is 3. The Balaban J connectivity index is 1.49. The topological polar surface area (TPSA) is 79.0 Å². The third kappa shape index (κ3) is 4.88. The van der Waals surface area contributed by atoms with Crippen LogP contribution in [0.25, 0.3) is 10.9 Å². The van der Waals surface area contributed by atoms with E-state index in [0.29, 0.717) is 11.3 Å². The van der Waals surface area contributed by atoms with Gasteiger partial charge in [0.15, 0.2) is 6.61 Å². The molecule has 3 rings (SSSR count). The van der Waals surface area contributed by atoms with Crippen LogP contribution in [-0.2, 0) is 6.54 Å². The van der Waals surface area contributed by atoms with Gasteiger partial charge in [-0.25, -0.2) is 9.78 Å². The van der Waals surface area contributed by atoms with Gasteiger partial charge in [-0.05, 0) is 29.1 Å². The summed E-state index contributed by atoms with van der Waals surface area (Å²) in [4.78, 5) is 18.8. The molecule has 0 spiro atoms. The molecule has 3 N–H and O–H groups in total. The molecule has 0 aliphatic carbocycles. The average Bonchev–Trinajstić information content (AvgIpc) is 3.06. The smallest absolute Gasteiger partial charge is 0.422 e. The van der Waals surface area contributed by atoms with Crippen molar-refractivity contribution in [1.82, 2.24) is 15.3 Å². The first-order chi connectivity index (χ1) is 12.4. The number of pyridine rings is 1. The van der Waals surface area contributed by atoms with E-state index in [1.54, 1.807) is 6.07 Å². The summed E-state index contributed by atoms with van der Waals surface area (Å²) in [7, 11) is 0. The second-order valence-corrected chi connectivity index (χ2v) is 5.50. The lowest BCUT2D eigenvalue weighted by Gasteiger charge is -2.10. The molecule has 26 heavy (non-hydrogen) atoms. The van der Waals surface area contributed by atoms with Gasteiger partial charge in [0.25, 0.3) is 0 Å². The van der Waals surface area contributed by atoms with Crippen LogP contribution in [0.2, 0.25) is 0 Å². The number of hydrogen-bond donors (Lipinski definition) is 3. The Morgan fingerprint density at radius 2 is 2.04 bits per heavy atom. The standard InChI is InChI=1S/C17H15F3N4O2/c18-17(19,20)10-26-15-4-1-11(8-22-15)9-23-16(25)24-13-3-2-12-5-6-21-14(12)7-13/h1-8,21H,9-10H2,(H2,23,24,25). The van der Waals surface area contributed by atoms with Gasteiger partial charge < -0.3 is 20.4 Å². The van der Waals surface area contributed by atoms with Crippen molar-refractivity contribution >= 4 is 22.6 Å². The monoisotopic (exact) mass is 364 g/mol. The molecule has 0 saturated heterocycles. The maximum absolute atomic E-state index is 12.1. The maximum Gasteiger partial charge on any atom is 0.422 e. The summed E-state index contributed by atoms with van der Waals surface area (Å²) >= 11 is 0. The Hall–Kier alpha value is -3.23. The zero-order valence-electron chi connectivity index (χ0n) is 13.4. The largest absolute Gasteiger partial charge is 0.468 e. The predicted molar refractivity (Wildman–Crippen MR) is 89.9 cm³/mol. The number of hydrogen-bond acceptors (Lipinski definition) is 3. The van der Waals surface area contributed by atoms with Gasteiger partial charge in [-0.3, -0.25) is 0 Å². The second-order valence-electron chi connectivity index (χ2n) is 5.50. The number of amides is 2. The van der Waals surface area contributed by atoms with Crippen LogP contribution in [0.4, 0.5) is 23.7 Å². The lowest BCUT2D eigenvalue weighted by Crippen LogP contribution is -2.28. The van der Waals surface area contributed by atoms with Crippen LogP contribution < -0.4 is 15.4 Å². The van der Waals surface area contributed by atoms with Crippen molar-refractivity contribution in [2.45, 2.75) is 12.7 Å². The number of fused-ring (bicyclic) bond motifs is 1.